The van der Waals surface area contributed by atoms with Crippen LogP contribution in [0.3, 0.4) is 0 Å². The number of nitrogens with two attached hydrogens (primary N) is 1. The Bertz CT molecular complexity index is 470. The van der Waals surface area contributed by atoms with Gasteiger partial charge in [-0.15, -0.1) is 0 Å². The van der Waals surface area contributed by atoms with Crippen molar-refractivity contribution in [1.82, 2.24) is 5.32 Å². The number of carbonyl (C=O) groups is 1. The highest BCUT2D eigenvalue weighted by atomic mass is 35.5. The predicted octanol–water partition coefficient (Wildman–Crippen LogP) is 2.24. The van der Waals surface area contributed by atoms with E-state index in [4.69, 9.17) is 17.3 Å². The van der Waals surface area contributed by atoms with E-state index in [0.29, 0.717) is 10.6 Å². The zero-order chi connectivity index (χ0) is 13.9. The van der Waals surface area contributed by atoms with Crippen molar-refractivity contribution in [3.05, 3.63) is 28.8 Å². The van der Waals surface area contributed by atoms with E-state index < -0.39 is 5.91 Å². The van der Waals surface area contributed by atoms with E-state index in [1.165, 1.54) is 12.8 Å². The third-order valence-corrected chi connectivity index (χ3v) is 3.87. The number of halogens is 1. The molecule has 0 aromatic heterocycles. The topological polar surface area (TPSA) is 67.1 Å². The summed E-state index contributed by atoms with van der Waals surface area (Å²) in [6.07, 6.45) is 2.36. The molecule has 1 aromatic carbocycles. The van der Waals surface area contributed by atoms with Crippen LogP contribution in [0.15, 0.2) is 18.2 Å². The van der Waals surface area contributed by atoms with Gasteiger partial charge in [0.25, 0.3) is 5.91 Å². The minimum absolute atomic E-state index is 0.201. The molecule has 0 saturated carbocycles. The summed E-state index contributed by atoms with van der Waals surface area (Å²) in [4.78, 5) is 11.4. The number of piperidine rings is 1. The lowest BCUT2D eigenvalue weighted by molar-refractivity contribution is 0.100. The van der Waals surface area contributed by atoms with Crippen LogP contribution in [-0.4, -0.2) is 25.5 Å². The molecule has 0 spiro atoms. The number of amides is 1. The predicted molar refractivity (Wildman–Crippen MR) is 78.7 cm³/mol. The fourth-order valence-corrected chi connectivity index (χ4v) is 2.62. The van der Waals surface area contributed by atoms with Gasteiger partial charge in [0.1, 0.15) is 0 Å². The molecule has 1 atom stereocenters. The highest BCUT2D eigenvalue weighted by Gasteiger charge is 2.26. The molecule has 1 unspecified atom stereocenters. The second kappa shape index (κ2) is 5.80. The van der Waals surface area contributed by atoms with Gasteiger partial charge in [0.15, 0.2) is 0 Å². The van der Waals surface area contributed by atoms with Crippen LogP contribution in [0.4, 0.5) is 5.69 Å². The Morgan fingerprint density at radius 2 is 2.37 bits per heavy atom. The molecule has 0 aliphatic carbocycles. The van der Waals surface area contributed by atoms with Gasteiger partial charge in [0.2, 0.25) is 0 Å². The Kier molecular flexibility index (Phi) is 4.32. The quantitative estimate of drug-likeness (QED) is 0.793. The van der Waals surface area contributed by atoms with Crippen molar-refractivity contribution in [2.24, 2.45) is 11.1 Å². The number of anilines is 1. The van der Waals surface area contributed by atoms with Gasteiger partial charge in [-0.05, 0) is 43.0 Å². The maximum absolute atomic E-state index is 11.4. The minimum atomic E-state index is -0.461. The van der Waals surface area contributed by atoms with Crippen LogP contribution in [-0.2, 0) is 0 Å². The van der Waals surface area contributed by atoms with Gasteiger partial charge in [-0.1, -0.05) is 18.5 Å². The Balaban J connectivity index is 2.08. The van der Waals surface area contributed by atoms with E-state index in [2.05, 4.69) is 17.6 Å². The third-order valence-electron chi connectivity index (χ3n) is 3.64. The molecule has 104 valence electrons. The van der Waals surface area contributed by atoms with E-state index in [1.54, 1.807) is 12.1 Å². The van der Waals surface area contributed by atoms with Crippen molar-refractivity contribution in [2.75, 3.05) is 25.0 Å². The first kappa shape index (κ1) is 14.2. The molecule has 0 bridgehead atoms. The number of primary amides is 1. The van der Waals surface area contributed by atoms with Crippen LogP contribution < -0.4 is 16.4 Å². The van der Waals surface area contributed by atoms with Gasteiger partial charge in [0, 0.05) is 23.8 Å². The van der Waals surface area contributed by atoms with Crippen LogP contribution in [0.2, 0.25) is 5.02 Å². The lowest BCUT2D eigenvalue weighted by atomic mass is 9.82. The highest BCUT2D eigenvalue weighted by Crippen LogP contribution is 2.27. The molecule has 4 N–H and O–H groups in total. The molecule has 2 rings (SSSR count). The van der Waals surface area contributed by atoms with Gasteiger partial charge in [0.05, 0.1) is 5.56 Å². The standard InChI is InChI=1S/C14H20ClN3O/c1-14(5-2-6-17-8-14)9-18-12-4-3-10(15)7-11(12)13(16)19/h3-4,7,17-18H,2,5-6,8-9H2,1H3,(H2,16,19). The maximum Gasteiger partial charge on any atom is 0.250 e. The second-order valence-electron chi connectivity index (χ2n) is 5.50. The first-order chi connectivity index (χ1) is 9.00. The molecule has 1 saturated heterocycles. The molecular weight excluding hydrogens is 262 g/mol. The van der Waals surface area contributed by atoms with Crippen molar-refractivity contribution in [2.45, 2.75) is 19.8 Å². The van der Waals surface area contributed by atoms with Crippen molar-refractivity contribution in [3.8, 4) is 0 Å². The normalized spacial score (nSPS) is 23.1. The molecule has 1 amide bonds. The summed E-state index contributed by atoms with van der Waals surface area (Å²) in [5.41, 5.74) is 6.77. The molecule has 1 aliphatic heterocycles. The fourth-order valence-electron chi connectivity index (χ4n) is 2.45. The summed E-state index contributed by atoms with van der Waals surface area (Å²) in [6, 6.07) is 5.17. The third kappa shape index (κ3) is 3.61. The highest BCUT2D eigenvalue weighted by molar-refractivity contribution is 6.31. The van der Waals surface area contributed by atoms with Crippen LogP contribution >= 0.6 is 11.6 Å². The maximum atomic E-state index is 11.4. The van der Waals surface area contributed by atoms with Crippen LogP contribution in [0.1, 0.15) is 30.1 Å². The molecule has 1 fully saturated rings. The van der Waals surface area contributed by atoms with Crippen molar-refractivity contribution >= 4 is 23.2 Å². The van der Waals surface area contributed by atoms with Crippen LogP contribution in [0, 0.1) is 5.41 Å². The number of hydrogen-bond donors (Lipinski definition) is 3. The minimum Gasteiger partial charge on any atom is -0.384 e. The number of carbonyl (C=O) groups excluding carboxylic acids is 1. The van der Waals surface area contributed by atoms with Gasteiger partial charge in [-0.2, -0.15) is 0 Å². The van der Waals surface area contributed by atoms with Crippen molar-refractivity contribution in [1.29, 1.82) is 0 Å². The van der Waals surface area contributed by atoms with Crippen molar-refractivity contribution in [3.63, 3.8) is 0 Å². The molecule has 1 heterocycles. The number of benzene rings is 1. The average molecular weight is 282 g/mol. The lowest BCUT2D eigenvalue weighted by Crippen LogP contribution is -2.42. The van der Waals surface area contributed by atoms with Crippen molar-refractivity contribution < 1.29 is 4.79 Å². The first-order valence-corrected chi connectivity index (χ1v) is 6.92. The van der Waals surface area contributed by atoms with Gasteiger partial charge >= 0.3 is 0 Å². The molecule has 4 nitrogen and oxygen atoms in total. The zero-order valence-electron chi connectivity index (χ0n) is 11.1. The molecular formula is C14H20ClN3O. The summed E-state index contributed by atoms with van der Waals surface area (Å²) < 4.78 is 0. The largest absolute Gasteiger partial charge is 0.384 e. The molecule has 1 aliphatic rings. The van der Waals surface area contributed by atoms with E-state index in [0.717, 1.165) is 25.3 Å². The number of rotatable bonds is 4. The van der Waals surface area contributed by atoms with Gasteiger partial charge in [-0.25, -0.2) is 0 Å². The first-order valence-electron chi connectivity index (χ1n) is 6.54. The summed E-state index contributed by atoms with van der Waals surface area (Å²) in [5, 5.41) is 7.26. The summed E-state index contributed by atoms with van der Waals surface area (Å²) in [6.45, 7) is 5.12. The SMILES string of the molecule is CC1(CNc2ccc(Cl)cc2C(N)=O)CCCNC1. The second-order valence-corrected chi connectivity index (χ2v) is 5.94. The zero-order valence-corrected chi connectivity index (χ0v) is 11.9. The summed E-state index contributed by atoms with van der Waals surface area (Å²) in [7, 11) is 0. The lowest BCUT2D eigenvalue weighted by Gasteiger charge is -2.34. The van der Waals surface area contributed by atoms with Crippen LogP contribution in [0.25, 0.3) is 0 Å². The summed E-state index contributed by atoms with van der Waals surface area (Å²) >= 11 is 5.89. The smallest absolute Gasteiger partial charge is 0.250 e. The molecule has 1 aromatic rings. The molecule has 19 heavy (non-hydrogen) atoms. The Labute approximate surface area is 118 Å². The Morgan fingerprint density at radius 1 is 1.58 bits per heavy atom. The van der Waals surface area contributed by atoms with E-state index in [9.17, 15) is 4.79 Å². The summed E-state index contributed by atoms with van der Waals surface area (Å²) in [5.74, 6) is -0.461. The fraction of sp³-hybridized carbons (Fsp3) is 0.500. The van der Waals surface area contributed by atoms with Gasteiger partial charge < -0.3 is 16.4 Å². The average Bonchev–Trinajstić information content (AvgIpc) is 2.38. The Hall–Kier alpha value is -1.26. The number of nitrogens with one attached hydrogen (secondary N) is 2. The van der Waals surface area contributed by atoms with E-state index in [-0.39, 0.29) is 5.41 Å². The number of hydrogen-bond acceptors (Lipinski definition) is 3. The molecule has 5 heteroatoms. The van der Waals surface area contributed by atoms with Gasteiger partial charge in [-0.3, -0.25) is 4.79 Å². The van der Waals surface area contributed by atoms with E-state index in [1.807, 2.05) is 6.07 Å². The van der Waals surface area contributed by atoms with E-state index >= 15 is 0 Å². The van der Waals surface area contributed by atoms with Crippen LogP contribution in [0.5, 0.6) is 0 Å². The monoisotopic (exact) mass is 281 g/mol. The molecule has 0 radical (unpaired) electrons. The Morgan fingerprint density at radius 3 is 3.00 bits per heavy atom.